The first-order valence-electron chi connectivity index (χ1n) is 6.18. The van der Waals surface area contributed by atoms with E-state index in [1.54, 1.807) is 23.6 Å². The third-order valence-corrected chi connectivity index (χ3v) is 3.57. The van der Waals surface area contributed by atoms with Crippen molar-refractivity contribution >= 4 is 23.2 Å². The largest absolute Gasteiger partial charge is 0.550 e. The average molecular weight is 307 g/mol. The van der Waals surface area contributed by atoms with Gasteiger partial charge in [0, 0.05) is 29.9 Å². The Morgan fingerprint density at radius 2 is 2.05 bits per heavy atom. The van der Waals surface area contributed by atoms with Crippen LogP contribution in [-0.4, -0.2) is 16.9 Å². The van der Waals surface area contributed by atoms with Gasteiger partial charge in [0.05, 0.1) is 12.1 Å². The Balaban J connectivity index is 1.86. The van der Waals surface area contributed by atoms with Crippen molar-refractivity contribution in [2.45, 2.75) is 19.4 Å². The second-order valence-electron chi connectivity index (χ2n) is 4.33. The van der Waals surface area contributed by atoms with Gasteiger partial charge in [-0.15, -0.1) is 11.3 Å². The van der Waals surface area contributed by atoms with Gasteiger partial charge in [0.25, 0.3) is 0 Å². The first kappa shape index (κ1) is 15.1. The number of carbonyl (C=O) groups is 2. The van der Waals surface area contributed by atoms with Gasteiger partial charge in [-0.05, 0) is 6.07 Å². The van der Waals surface area contributed by atoms with E-state index in [0.29, 0.717) is 16.3 Å². The molecule has 0 aliphatic carbocycles. The molecule has 0 unspecified atom stereocenters. The molecule has 21 heavy (non-hydrogen) atoms. The lowest BCUT2D eigenvalue weighted by Crippen LogP contribution is -2.25. The number of amides is 1. The van der Waals surface area contributed by atoms with Gasteiger partial charge in [0.1, 0.15) is 10.8 Å². The van der Waals surface area contributed by atoms with E-state index in [4.69, 9.17) is 0 Å². The molecule has 0 spiro atoms. The third-order valence-electron chi connectivity index (χ3n) is 2.67. The fraction of sp³-hybridized carbons (Fsp3) is 0.214. The highest BCUT2D eigenvalue weighted by Crippen LogP contribution is 2.11. The molecule has 0 bridgehead atoms. The Morgan fingerprint density at radius 3 is 2.76 bits per heavy atom. The summed E-state index contributed by atoms with van der Waals surface area (Å²) in [6, 6.07) is 6.19. The van der Waals surface area contributed by atoms with Crippen LogP contribution in [0.2, 0.25) is 0 Å². The fourth-order valence-corrected chi connectivity index (χ4v) is 2.49. The Labute approximate surface area is 124 Å². The molecule has 0 atom stereocenters. The maximum absolute atomic E-state index is 13.4. The first-order chi connectivity index (χ1) is 10.0. The van der Waals surface area contributed by atoms with Crippen LogP contribution in [0.3, 0.4) is 0 Å². The third kappa shape index (κ3) is 4.64. The highest BCUT2D eigenvalue weighted by molar-refractivity contribution is 7.09. The summed E-state index contributed by atoms with van der Waals surface area (Å²) in [6.07, 6.45) is -0.237. The normalized spacial score (nSPS) is 10.3. The van der Waals surface area contributed by atoms with Crippen molar-refractivity contribution in [1.82, 2.24) is 10.3 Å². The van der Waals surface area contributed by atoms with E-state index >= 15 is 0 Å². The average Bonchev–Trinajstić information content (AvgIpc) is 2.84. The van der Waals surface area contributed by atoms with Crippen LogP contribution in [0.5, 0.6) is 0 Å². The second kappa shape index (κ2) is 6.94. The molecule has 0 aliphatic heterocycles. The number of aromatic nitrogens is 1. The number of thiazole rings is 1. The SMILES string of the molecule is O=C([O-])Cc1csc(CC(=O)NCc2ccccc2F)n1. The van der Waals surface area contributed by atoms with Crippen LogP contribution in [-0.2, 0) is 29.0 Å². The predicted molar refractivity (Wildman–Crippen MR) is 72.8 cm³/mol. The monoisotopic (exact) mass is 307 g/mol. The maximum Gasteiger partial charge on any atom is 0.227 e. The molecule has 0 fully saturated rings. The minimum atomic E-state index is -1.21. The summed E-state index contributed by atoms with van der Waals surface area (Å²) < 4.78 is 13.4. The van der Waals surface area contributed by atoms with Crippen molar-refractivity contribution < 1.29 is 19.1 Å². The van der Waals surface area contributed by atoms with E-state index in [-0.39, 0.29) is 31.1 Å². The van der Waals surface area contributed by atoms with E-state index in [9.17, 15) is 19.1 Å². The number of hydrogen-bond donors (Lipinski definition) is 1. The zero-order valence-corrected chi connectivity index (χ0v) is 11.8. The zero-order valence-electron chi connectivity index (χ0n) is 11.0. The van der Waals surface area contributed by atoms with E-state index < -0.39 is 5.97 Å². The number of carboxylic acids is 1. The topological polar surface area (TPSA) is 82.1 Å². The predicted octanol–water partition coefficient (Wildman–Crippen LogP) is 0.433. The molecule has 0 aliphatic rings. The highest BCUT2D eigenvalue weighted by Gasteiger charge is 2.09. The summed E-state index contributed by atoms with van der Waals surface area (Å²) in [6.45, 7) is 0.1000. The van der Waals surface area contributed by atoms with Gasteiger partial charge in [-0.2, -0.15) is 0 Å². The molecular weight excluding hydrogens is 295 g/mol. The minimum absolute atomic E-state index is 0.0339. The summed E-state index contributed by atoms with van der Waals surface area (Å²) in [7, 11) is 0. The first-order valence-corrected chi connectivity index (χ1v) is 7.06. The minimum Gasteiger partial charge on any atom is -0.550 e. The molecule has 5 nitrogen and oxygen atoms in total. The lowest BCUT2D eigenvalue weighted by molar-refractivity contribution is -0.304. The van der Waals surface area contributed by atoms with Crippen molar-refractivity contribution in [3.05, 3.63) is 51.7 Å². The molecule has 1 heterocycles. The van der Waals surface area contributed by atoms with Crippen molar-refractivity contribution in [2.24, 2.45) is 0 Å². The Morgan fingerprint density at radius 1 is 1.29 bits per heavy atom. The van der Waals surface area contributed by atoms with E-state index in [1.807, 2.05) is 0 Å². The molecule has 0 saturated heterocycles. The summed E-state index contributed by atoms with van der Waals surface area (Å²) in [5, 5.41) is 15.1. The molecule has 1 amide bonds. The van der Waals surface area contributed by atoms with E-state index in [2.05, 4.69) is 10.3 Å². The van der Waals surface area contributed by atoms with Gasteiger partial charge in [-0.1, -0.05) is 18.2 Å². The van der Waals surface area contributed by atoms with Gasteiger partial charge in [0.15, 0.2) is 0 Å². The van der Waals surface area contributed by atoms with Gasteiger partial charge >= 0.3 is 0 Å². The van der Waals surface area contributed by atoms with Crippen LogP contribution in [0.25, 0.3) is 0 Å². The zero-order chi connectivity index (χ0) is 15.2. The summed E-state index contributed by atoms with van der Waals surface area (Å²) in [4.78, 5) is 26.2. The smallest absolute Gasteiger partial charge is 0.227 e. The molecule has 1 aromatic heterocycles. The number of nitrogens with one attached hydrogen (secondary N) is 1. The summed E-state index contributed by atoms with van der Waals surface area (Å²) in [5.74, 6) is -1.88. The van der Waals surface area contributed by atoms with Crippen LogP contribution in [0.4, 0.5) is 4.39 Å². The van der Waals surface area contributed by atoms with E-state index in [1.165, 1.54) is 17.4 Å². The van der Waals surface area contributed by atoms with Crippen molar-refractivity contribution in [3.63, 3.8) is 0 Å². The molecule has 1 aromatic carbocycles. The Kier molecular flexibility index (Phi) is 4.99. The van der Waals surface area contributed by atoms with Crippen LogP contribution >= 0.6 is 11.3 Å². The number of nitrogens with zero attached hydrogens (tertiary/aromatic N) is 1. The van der Waals surface area contributed by atoms with Crippen LogP contribution < -0.4 is 10.4 Å². The Hall–Kier alpha value is -2.28. The lowest BCUT2D eigenvalue weighted by atomic mass is 10.2. The molecule has 1 N–H and O–H groups in total. The van der Waals surface area contributed by atoms with Crippen LogP contribution in [0, 0.1) is 5.82 Å². The summed E-state index contributed by atoms with van der Waals surface area (Å²) in [5.41, 5.74) is 0.777. The fourth-order valence-electron chi connectivity index (χ4n) is 1.69. The Bertz CT molecular complexity index is 657. The number of halogens is 1. The molecular formula is C14H12FN2O3S-. The van der Waals surface area contributed by atoms with Crippen LogP contribution in [0.15, 0.2) is 29.6 Å². The van der Waals surface area contributed by atoms with E-state index in [0.717, 1.165) is 0 Å². The molecule has 0 radical (unpaired) electrons. The lowest BCUT2D eigenvalue weighted by Gasteiger charge is -2.05. The molecule has 7 heteroatoms. The quantitative estimate of drug-likeness (QED) is 0.839. The molecule has 110 valence electrons. The van der Waals surface area contributed by atoms with Gasteiger partial charge in [0.2, 0.25) is 5.91 Å². The maximum atomic E-state index is 13.4. The van der Waals surface area contributed by atoms with Crippen molar-refractivity contribution in [1.29, 1.82) is 0 Å². The highest BCUT2D eigenvalue weighted by atomic mass is 32.1. The van der Waals surface area contributed by atoms with Gasteiger partial charge in [-0.3, -0.25) is 4.79 Å². The van der Waals surface area contributed by atoms with Gasteiger partial charge in [-0.25, -0.2) is 9.37 Å². The summed E-state index contributed by atoms with van der Waals surface area (Å²) >= 11 is 1.21. The number of carboxylic acid groups (broad SMARTS) is 1. The number of benzene rings is 1. The standard InChI is InChI=1S/C14H13FN2O3S/c15-11-4-2-1-3-9(11)7-16-12(18)6-13-17-10(8-21-13)5-14(19)20/h1-4,8H,5-7H2,(H,16,18)(H,19,20)/p-1. The number of rotatable bonds is 6. The molecule has 2 aromatic rings. The number of hydrogen-bond acceptors (Lipinski definition) is 5. The second-order valence-corrected chi connectivity index (χ2v) is 5.27. The van der Waals surface area contributed by atoms with Crippen molar-refractivity contribution in [2.75, 3.05) is 0 Å². The number of aliphatic carboxylic acids is 1. The van der Waals surface area contributed by atoms with Gasteiger partial charge < -0.3 is 15.2 Å². The molecule has 2 rings (SSSR count). The molecule has 0 saturated carbocycles. The number of carbonyl (C=O) groups excluding carboxylic acids is 2. The van der Waals surface area contributed by atoms with Crippen molar-refractivity contribution in [3.8, 4) is 0 Å². The van der Waals surface area contributed by atoms with Crippen LogP contribution in [0.1, 0.15) is 16.3 Å².